The second-order valence-corrected chi connectivity index (χ2v) is 6.65. The summed E-state index contributed by atoms with van der Waals surface area (Å²) in [6.07, 6.45) is 1.03. The summed E-state index contributed by atoms with van der Waals surface area (Å²) in [5.74, 6) is 1.89. The first-order valence-electron chi connectivity index (χ1n) is 9.04. The molecule has 25 heavy (non-hydrogen) atoms. The van der Waals surface area contributed by atoms with Gasteiger partial charge >= 0.3 is 0 Å². The van der Waals surface area contributed by atoms with Gasteiger partial charge in [-0.05, 0) is 68.4 Å². The standard InChI is InChI=1S/C21H28N2O2/c1-4-24-19-8-9-20-16(14-19)10-11-22-21(20)17-6-5-7-18(15-17)25-13-12-23(2)3/h5-9,14-15,21-22H,4,10-13H2,1-3H3. The molecule has 0 amide bonds. The minimum absolute atomic E-state index is 0.205. The average molecular weight is 340 g/mol. The van der Waals surface area contributed by atoms with E-state index in [0.29, 0.717) is 13.2 Å². The molecule has 0 spiro atoms. The lowest BCUT2D eigenvalue weighted by Crippen LogP contribution is -2.30. The molecule has 2 aromatic rings. The molecule has 3 rings (SSSR count). The second-order valence-electron chi connectivity index (χ2n) is 6.65. The highest BCUT2D eigenvalue weighted by Crippen LogP contribution is 2.32. The molecule has 0 bridgehead atoms. The zero-order valence-corrected chi connectivity index (χ0v) is 15.4. The summed E-state index contributed by atoms with van der Waals surface area (Å²) < 4.78 is 11.5. The summed E-state index contributed by atoms with van der Waals surface area (Å²) in [7, 11) is 4.11. The Morgan fingerprint density at radius 1 is 1.08 bits per heavy atom. The first-order valence-corrected chi connectivity index (χ1v) is 9.04. The highest BCUT2D eigenvalue weighted by atomic mass is 16.5. The van der Waals surface area contributed by atoms with Crippen LogP contribution < -0.4 is 14.8 Å². The van der Waals surface area contributed by atoms with E-state index in [1.807, 2.05) is 13.0 Å². The molecule has 0 aliphatic carbocycles. The van der Waals surface area contributed by atoms with Gasteiger partial charge < -0.3 is 19.7 Å². The number of fused-ring (bicyclic) bond motifs is 1. The zero-order valence-electron chi connectivity index (χ0n) is 15.4. The lowest BCUT2D eigenvalue weighted by atomic mass is 9.89. The Hall–Kier alpha value is -2.04. The van der Waals surface area contributed by atoms with Crippen LogP contribution in [0.15, 0.2) is 42.5 Å². The van der Waals surface area contributed by atoms with Crippen LogP contribution in [0, 0.1) is 0 Å². The van der Waals surface area contributed by atoms with Crippen molar-refractivity contribution in [3.8, 4) is 11.5 Å². The molecule has 0 aromatic heterocycles. The number of rotatable bonds is 7. The summed E-state index contributed by atoms with van der Waals surface area (Å²) in [5.41, 5.74) is 3.95. The Morgan fingerprint density at radius 2 is 1.92 bits per heavy atom. The maximum Gasteiger partial charge on any atom is 0.119 e. The molecule has 2 aromatic carbocycles. The van der Waals surface area contributed by atoms with Crippen molar-refractivity contribution in [2.75, 3.05) is 40.4 Å². The lowest BCUT2D eigenvalue weighted by molar-refractivity contribution is 0.261. The molecule has 1 unspecified atom stereocenters. The van der Waals surface area contributed by atoms with Crippen LogP contribution >= 0.6 is 0 Å². The molecule has 1 N–H and O–H groups in total. The summed E-state index contributed by atoms with van der Waals surface area (Å²) in [6, 6.07) is 15.1. The van der Waals surface area contributed by atoms with Crippen molar-refractivity contribution in [3.05, 3.63) is 59.2 Å². The van der Waals surface area contributed by atoms with Gasteiger partial charge in [0.25, 0.3) is 0 Å². The van der Waals surface area contributed by atoms with Gasteiger partial charge in [-0.15, -0.1) is 0 Å². The van der Waals surface area contributed by atoms with Crippen LogP contribution in [0.2, 0.25) is 0 Å². The van der Waals surface area contributed by atoms with Crippen molar-refractivity contribution in [2.24, 2.45) is 0 Å². The highest BCUT2D eigenvalue weighted by molar-refractivity contribution is 5.45. The third kappa shape index (κ3) is 4.53. The summed E-state index contributed by atoms with van der Waals surface area (Å²) >= 11 is 0. The quantitative estimate of drug-likeness (QED) is 0.839. The van der Waals surface area contributed by atoms with E-state index in [-0.39, 0.29) is 6.04 Å². The molecule has 4 heteroatoms. The van der Waals surface area contributed by atoms with Gasteiger partial charge in [-0.1, -0.05) is 18.2 Å². The predicted octanol–water partition coefficient (Wildman–Crippen LogP) is 3.26. The average Bonchev–Trinajstić information content (AvgIpc) is 2.61. The number of nitrogens with zero attached hydrogens (tertiary/aromatic N) is 1. The van der Waals surface area contributed by atoms with Crippen LogP contribution in [0.1, 0.15) is 29.7 Å². The van der Waals surface area contributed by atoms with Gasteiger partial charge in [-0.3, -0.25) is 0 Å². The highest BCUT2D eigenvalue weighted by Gasteiger charge is 2.22. The van der Waals surface area contributed by atoms with Crippen LogP contribution in [-0.2, 0) is 6.42 Å². The molecule has 134 valence electrons. The van der Waals surface area contributed by atoms with Crippen LogP contribution in [-0.4, -0.2) is 45.3 Å². The fourth-order valence-electron chi connectivity index (χ4n) is 3.23. The van der Waals surface area contributed by atoms with Gasteiger partial charge in [0.2, 0.25) is 0 Å². The molecule has 0 saturated heterocycles. The third-order valence-electron chi connectivity index (χ3n) is 4.48. The topological polar surface area (TPSA) is 33.7 Å². The Balaban J connectivity index is 1.79. The maximum absolute atomic E-state index is 5.90. The molecule has 0 fully saturated rings. The molecular weight excluding hydrogens is 312 g/mol. The van der Waals surface area contributed by atoms with Crippen LogP contribution in [0.25, 0.3) is 0 Å². The van der Waals surface area contributed by atoms with E-state index in [2.05, 4.69) is 60.7 Å². The van der Waals surface area contributed by atoms with Crippen LogP contribution in [0.3, 0.4) is 0 Å². The Morgan fingerprint density at radius 3 is 2.72 bits per heavy atom. The van der Waals surface area contributed by atoms with Gasteiger partial charge in [0.05, 0.1) is 12.6 Å². The van der Waals surface area contributed by atoms with E-state index in [0.717, 1.165) is 31.0 Å². The SMILES string of the molecule is CCOc1ccc2c(c1)CCNC2c1cccc(OCCN(C)C)c1. The number of nitrogens with one attached hydrogen (secondary N) is 1. The monoisotopic (exact) mass is 340 g/mol. The fraction of sp³-hybridized carbons (Fsp3) is 0.429. The Bertz CT molecular complexity index is 700. The van der Waals surface area contributed by atoms with Crippen molar-refractivity contribution in [3.63, 3.8) is 0 Å². The van der Waals surface area contributed by atoms with Crippen molar-refractivity contribution in [1.29, 1.82) is 0 Å². The predicted molar refractivity (Wildman–Crippen MR) is 102 cm³/mol. The zero-order chi connectivity index (χ0) is 17.6. The number of benzene rings is 2. The molecule has 0 saturated carbocycles. The summed E-state index contributed by atoms with van der Waals surface area (Å²) in [4.78, 5) is 2.12. The van der Waals surface area contributed by atoms with Gasteiger partial charge in [0.15, 0.2) is 0 Å². The Labute approximate surface area is 150 Å². The van der Waals surface area contributed by atoms with Crippen LogP contribution in [0.4, 0.5) is 0 Å². The van der Waals surface area contributed by atoms with Gasteiger partial charge in [-0.25, -0.2) is 0 Å². The van der Waals surface area contributed by atoms with Crippen molar-refractivity contribution >= 4 is 0 Å². The van der Waals surface area contributed by atoms with Gasteiger partial charge in [0, 0.05) is 13.1 Å². The summed E-state index contributed by atoms with van der Waals surface area (Å²) in [6.45, 7) is 5.30. The van der Waals surface area contributed by atoms with Crippen LogP contribution in [0.5, 0.6) is 11.5 Å². The van der Waals surface area contributed by atoms with E-state index in [9.17, 15) is 0 Å². The number of hydrogen-bond donors (Lipinski definition) is 1. The molecule has 1 heterocycles. The van der Waals surface area contributed by atoms with E-state index < -0.39 is 0 Å². The van der Waals surface area contributed by atoms with Crippen molar-refractivity contribution in [1.82, 2.24) is 10.2 Å². The smallest absolute Gasteiger partial charge is 0.119 e. The molecule has 4 nitrogen and oxygen atoms in total. The van der Waals surface area contributed by atoms with Crippen molar-refractivity contribution < 1.29 is 9.47 Å². The second kappa shape index (κ2) is 8.37. The molecule has 1 atom stereocenters. The Kier molecular flexibility index (Phi) is 5.95. The fourth-order valence-corrected chi connectivity index (χ4v) is 3.23. The normalized spacial score (nSPS) is 16.6. The maximum atomic E-state index is 5.90. The van der Waals surface area contributed by atoms with E-state index in [1.165, 1.54) is 16.7 Å². The van der Waals surface area contributed by atoms with E-state index in [1.54, 1.807) is 0 Å². The number of ether oxygens (including phenoxy) is 2. The minimum atomic E-state index is 0.205. The molecule has 1 aliphatic rings. The minimum Gasteiger partial charge on any atom is -0.494 e. The largest absolute Gasteiger partial charge is 0.494 e. The van der Waals surface area contributed by atoms with Gasteiger partial charge in [-0.2, -0.15) is 0 Å². The van der Waals surface area contributed by atoms with E-state index in [4.69, 9.17) is 9.47 Å². The number of hydrogen-bond acceptors (Lipinski definition) is 4. The molecular formula is C21H28N2O2. The van der Waals surface area contributed by atoms with Crippen molar-refractivity contribution in [2.45, 2.75) is 19.4 Å². The third-order valence-corrected chi connectivity index (χ3v) is 4.48. The summed E-state index contributed by atoms with van der Waals surface area (Å²) in [5, 5.41) is 3.64. The lowest BCUT2D eigenvalue weighted by Gasteiger charge is -2.28. The first kappa shape index (κ1) is 17.8. The van der Waals surface area contributed by atoms with Gasteiger partial charge in [0.1, 0.15) is 18.1 Å². The molecule has 0 radical (unpaired) electrons. The molecule has 1 aliphatic heterocycles. The van der Waals surface area contributed by atoms with E-state index >= 15 is 0 Å². The number of likely N-dealkylation sites (N-methyl/N-ethyl adjacent to an activating group) is 1. The first-order chi connectivity index (χ1) is 12.2.